The van der Waals surface area contributed by atoms with Crippen LogP contribution in [-0.2, 0) is 0 Å². The zero-order valence-electron chi connectivity index (χ0n) is 7.18. The number of halogens is 1. The van der Waals surface area contributed by atoms with Gasteiger partial charge in [0.25, 0.3) is 0 Å². The lowest BCUT2D eigenvalue weighted by atomic mass is 10.4. The molecule has 2 heterocycles. The molecule has 0 aliphatic heterocycles. The maximum absolute atomic E-state index is 5.70. The zero-order valence-corrected chi connectivity index (χ0v) is 7.94. The Morgan fingerprint density at radius 3 is 2.71 bits per heavy atom. The minimum Gasteiger partial charge on any atom is -0.325 e. The SMILES string of the molecule is Clc1cc(Nc2ccccn2)ncn1. The Labute approximate surface area is 86.0 Å². The van der Waals surface area contributed by atoms with Gasteiger partial charge in [0.05, 0.1) is 0 Å². The van der Waals surface area contributed by atoms with Crippen LogP contribution < -0.4 is 5.32 Å². The van der Waals surface area contributed by atoms with Gasteiger partial charge in [0.2, 0.25) is 0 Å². The van der Waals surface area contributed by atoms with Crippen LogP contribution in [0.3, 0.4) is 0 Å². The molecule has 5 heteroatoms. The maximum atomic E-state index is 5.70. The maximum Gasteiger partial charge on any atom is 0.136 e. The first-order valence-electron chi connectivity index (χ1n) is 4.00. The predicted molar refractivity (Wildman–Crippen MR) is 54.6 cm³/mol. The van der Waals surface area contributed by atoms with Crippen molar-refractivity contribution in [1.29, 1.82) is 0 Å². The van der Waals surface area contributed by atoms with Crippen molar-refractivity contribution in [3.05, 3.63) is 41.9 Å². The summed E-state index contributed by atoms with van der Waals surface area (Å²) in [5.74, 6) is 1.35. The van der Waals surface area contributed by atoms with Crippen molar-refractivity contribution in [3.63, 3.8) is 0 Å². The lowest BCUT2D eigenvalue weighted by Gasteiger charge is -2.02. The second kappa shape index (κ2) is 4.02. The molecule has 4 nitrogen and oxygen atoms in total. The lowest BCUT2D eigenvalue weighted by Crippen LogP contribution is -1.95. The third-order valence-corrected chi connectivity index (χ3v) is 1.76. The average molecular weight is 207 g/mol. The van der Waals surface area contributed by atoms with Gasteiger partial charge in [-0.15, -0.1) is 0 Å². The van der Waals surface area contributed by atoms with E-state index in [4.69, 9.17) is 11.6 Å². The first-order valence-corrected chi connectivity index (χ1v) is 4.38. The predicted octanol–water partition coefficient (Wildman–Crippen LogP) is 2.27. The van der Waals surface area contributed by atoms with E-state index in [0.29, 0.717) is 11.0 Å². The second-order valence-electron chi connectivity index (χ2n) is 2.57. The standard InChI is InChI=1S/C9H7ClN4/c10-7-5-9(13-6-12-7)14-8-3-1-2-4-11-8/h1-6H,(H,11,12,13,14). The Morgan fingerprint density at radius 2 is 2.00 bits per heavy atom. The van der Waals surface area contributed by atoms with Crippen LogP contribution in [0.1, 0.15) is 0 Å². The number of anilines is 2. The van der Waals surface area contributed by atoms with E-state index in [1.54, 1.807) is 12.3 Å². The Hall–Kier alpha value is -1.68. The van der Waals surface area contributed by atoms with Gasteiger partial charge in [-0.1, -0.05) is 17.7 Å². The van der Waals surface area contributed by atoms with E-state index < -0.39 is 0 Å². The molecule has 0 bridgehead atoms. The topological polar surface area (TPSA) is 50.7 Å². The molecule has 0 radical (unpaired) electrons. The summed E-state index contributed by atoms with van der Waals surface area (Å²) in [5.41, 5.74) is 0. The van der Waals surface area contributed by atoms with Crippen LogP contribution in [0, 0.1) is 0 Å². The van der Waals surface area contributed by atoms with Crippen LogP contribution in [0.5, 0.6) is 0 Å². The Bertz CT molecular complexity index is 418. The quantitative estimate of drug-likeness (QED) is 0.766. The molecule has 0 atom stereocenters. The number of hydrogen-bond donors (Lipinski definition) is 1. The Morgan fingerprint density at radius 1 is 1.07 bits per heavy atom. The molecule has 0 fully saturated rings. The smallest absolute Gasteiger partial charge is 0.136 e. The molecule has 70 valence electrons. The van der Waals surface area contributed by atoms with Crippen molar-refractivity contribution >= 4 is 23.2 Å². The minimum absolute atomic E-state index is 0.401. The number of pyridine rings is 1. The van der Waals surface area contributed by atoms with E-state index in [1.165, 1.54) is 6.33 Å². The molecule has 0 saturated carbocycles. The third kappa shape index (κ3) is 2.17. The van der Waals surface area contributed by atoms with Crippen LogP contribution in [0.15, 0.2) is 36.8 Å². The number of nitrogens with one attached hydrogen (secondary N) is 1. The fourth-order valence-electron chi connectivity index (χ4n) is 0.970. The molecule has 2 aromatic rings. The highest BCUT2D eigenvalue weighted by Gasteiger charge is 1.96. The van der Waals surface area contributed by atoms with Crippen molar-refractivity contribution < 1.29 is 0 Å². The molecular weight excluding hydrogens is 200 g/mol. The van der Waals surface area contributed by atoms with Gasteiger partial charge in [-0.3, -0.25) is 0 Å². The zero-order chi connectivity index (χ0) is 9.80. The summed E-state index contributed by atoms with van der Waals surface area (Å²) in [7, 11) is 0. The van der Waals surface area contributed by atoms with Crippen molar-refractivity contribution in [1.82, 2.24) is 15.0 Å². The average Bonchev–Trinajstić information content (AvgIpc) is 2.19. The van der Waals surface area contributed by atoms with Crippen LogP contribution in [0.2, 0.25) is 5.15 Å². The molecule has 14 heavy (non-hydrogen) atoms. The Balaban J connectivity index is 2.19. The summed E-state index contributed by atoms with van der Waals surface area (Å²) in [6.07, 6.45) is 3.10. The summed E-state index contributed by atoms with van der Waals surface area (Å²) in [6.45, 7) is 0. The van der Waals surface area contributed by atoms with Gasteiger partial charge in [0, 0.05) is 12.3 Å². The third-order valence-electron chi connectivity index (χ3n) is 1.55. The lowest BCUT2D eigenvalue weighted by molar-refractivity contribution is 1.16. The molecular formula is C9H7ClN4. The second-order valence-corrected chi connectivity index (χ2v) is 2.95. The van der Waals surface area contributed by atoms with E-state index in [0.717, 1.165) is 5.82 Å². The van der Waals surface area contributed by atoms with Crippen LogP contribution in [0.25, 0.3) is 0 Å². The van der Waals surface area contributed by atoms with Crippen LogP contribution in [0.4, 0.5) is 11.6 Å². The van der Waals surface area contributed by atoms with Gasteiger partial charge in [0.1, 0.15) is 23.1 Å². The minimum atomic E-state index is 0.401. The van der Waals surface area contributed by atoms with Crippen molar-refractivity contribution in [2.75, 3.05) is 5.32 Å². The number of nitrogens with zero attached hydrogens (tertiary/aromatic N) is 3. The molecule has 0 aromatic carbocycles. The van der Waals surface area contributed by atoms with Gasteiger partial charge in [-0.2, -0.15) is 0 Å². The number of hydrogen-bond acceptors (Lipinski definition) is 4. The fraction of sp³-hybridized carbons (Fsp3) is 0. The molecule has 0 unspecified atom stereocenters. The summed E-state index contributed by atoms with van der Waals surface area (Å²) < 4.78 is 0. The highest BCUT2D eigenvalue weighted by molar-refractivity contribution is 6.29. The summed E-state index contributed by atoms with van der Waals surface area (Å²) in [5, 5.41) is 3.40. The highest BCUT2D eigenvalue weighted by Crippen LogP contribution is 2.13. The fourth-order valence-corrected chi connectivity index (χ4v) is 1.12. The first-order chi connectivity index (χ1) is 6.84. The van der Waals surface area contributed by atoms with Gasteiger partial charge in [0.15, 0.2) is 0 Å². The monoisotopic (exact) mass is 206 g/mol. The van der Waals surface area contributed by atoms with Gasteiger partial charge in [-0.05, 0) is 12.1 Å². The highest BCUT2D eigenvalue weighted by atomic mass is 35.5. The summed E-state index contributed by atoms with van der Waals surface area (Å²) >= 11 is 5.70. The van der Waals surface area contributed by atoms with Crippen molar-refractivity contribution in [2.24, 2.45) is 0 Å². The first kappa shape index (κ1) is 8.90. The summed E-state index contributed by atoms with van der Waals surface area (Å²) in [4.78, 5) is 11.9. The molecule has 0 amide bonds. The van der Waals surface area contributed by atoms with E-state index in [-0.39, 0.29) is 0 Å². The van der Waals surface area contributed by atoms with Crippen molar-refractivity contribution in [3.8, 4) is 0 Å². The number of rotatable bonds is 2. The molecule has 0 aliphatic carbocycles. The van der Waals surface area contributed by atoms with Gasteiger partial charge >= 0.3 is 0 Å². The van der Waals surface area contributed by atoms with Crippen LogP contribution in [-0.4, -0.2) is 15.0 Å². The normalized spacial score (nSPS) is 9.79. The Kier molecular flexibility index (Phi) is 2.55. The molecule has 1 N–H and O–H groups in total. The largest absolute Gasteiger partial charge is 0.325 e. The molecule has 2 rings (SSSR count). The van der Waals surface area contributed by atoms with E-state index >= 15 is 0 Å². The van der Waals surface area contributed by atoms with E-state index in [9.17, 15) is 0 Å². The van der Waals surface area contributed by atoms with Crippen LogP contribution >= 0.6 is 11.6 Å². The van der Waals surface area contributed by atoms with E-state index in [1.807, 2.05) is 18.2 Å². The van der Waals surface area contributed by atoms with Gasteiger partial charge < -0.3 is 5.32 Å². The van der Waals surface area contributed by atoms with E-state index in [2.05, 4.69) is 20.3 Å². The van der Waals surface area contributed by atoms with Gasteiger partial charge in [-0.25, -0.2) is 15.0 Å². The molecule has 0 aliphatic rings. The number of aromatic nitrogens is 3. The molecule has 0 saturated heterocycles. The van der Waals surface area contributed by atoms with Crippen molar-refractivity contribution in [2.45, 2.75) is 0 Å². The molecule has 0 spiro atoms. The molecule has 2 aromatic heterocycles. The summed E-state index contributed by atoms with van der Waals surface area (Å²) in [6, 6.07) is 7.21.